The molecule has 0 atom stereocenters. The van der Waals surface area contributed by atoms with Crippen LogP contribution in [0.2, 0.25) is 0 Å². The number of likely N-dealkylation sites (N-methyl/N-ethyl adjacent to an activating group) is 1. The summed E-state index contributed by atoms with van der Waals surface area (Å²) in [5.74, 6) is 5.60. The molecule has 5 N–H and O–H groups in total. The second-order valence-corrected chi connectivity index (χ2v) is 5.40. The zero-order chi connectivity index (χ0) is 15.8. The Balaban J connectivity index is 2.46. The first kappa shape index (κ1) is 17.5. The monoisotopic (exact) mass is 296 g/mol. The Bertz CT molecular complexity index is 376. The molecular formula is C14H28N6O. The molecule has 0 unspecified atom stereocenters. The molecule has 120 valence electrons. The minimum Gasteiger partial charge on any atom is -0.386 e. The van der Waals surface area contributed by atoms with E-state index in [9.17, 15) is 4.79 Å². The van der Waals surface area contributed by atoms with Crippen LogP contribution in [0.5, 0.6) is 0 Å². The molecule has 7 heteroatoms. The number of hydrogen-bond acceptors (Lipinski definition) is 5. The van der Waals surface area contributed by atoms with Crippen molar-refractivity contribution in [2.24, 2.45) is 16.7 Å². The number of carbonyl (C=O) groups excluding carboxylic acids is 1. The van der Waals surface area contributed by atoms with Crippen LogP contribution >= 0.6 is 0 Å². The fourth-order valence-corrected chi connectivity index (χ4v) is 2.86. The number of hydrazine groups is 1. The summed E-state index contributed by atoms with van der Waals surface area (Å²) in [6, 6.07) is 0.755. The molecule has 0 aromatic rings. The van der Waals surface area contributed by atoms with Gasteiger partial charge in [0, 0.05) is 32.1 Å². The van der Waals surface area contributed by atoms with E-state index in [1.807, 2.05) is 14.1 Å². The average Bonchev–Trinajstić information content (AvgIpc) is 2.54. The summed E-state index contributed by atoms with van der Waals surface area (Å²) < 4.78 is 0. The van der Waals surface area contributed by atoms with Crippen LogP contribution < -0.4 is 17.0 Å². The second-order valence-electron chi connectivity index (χ2n) is 5.40. The fourth-order valence-electron chi connectivity index (χ4n) is 2.86. The van der Waals surface area contributed by atoms with E-state index in [2.05, 4.69) is 22.1 Å². The van der Waals surface area contributed by atoms with Crippen LogP contribution in [0, 0.1) is 0 Å². The molecule has 1 saturated carbocycles. The van der Waals surface area contributed by atoms with Gasteiger partial charge in [-0.3, -0.25) is 10.2 Å². The number of nitrogens with two attached hydrogens (primary N) is 2. The van der Waals surface area contributed by atoms with Crippen molar-refractivity contribution in [2.45, 2.75) is 44.2 Å². The van der Waals surface area contributed by atoms with E-state index in [1.165, 1.54) is 6.08 Å². The standard InChI is InChI=1S/C14H28N6O/c1-4-14(21)19(3)11-5-7-12(8-6-11)20(17-2)10-9-13(15)18-16/h4,11-12,17H,1,5-10,16H2,2-3H3,(H2,15,18). The summed E-state index contributed by atoms with van der Waals surface area (Å²) in [6.45, 7) is 4.32. The molecule has 1 aliphatic rings. The first-order chi connectivity index (χ1) is 10.0. The minimum absolute atomic E-state index is 0.00384. The van der Waals surface area contributed by atoms with Gasteiger partial charge in [0.05, 0.1) is 0 Å². The van der Waals surface area contributed by atoms with Crippen molar-refractivity contribution >= 4 is 11.7 Å². The van der Waals surface area contributed by atoms with Gasteiger partial charge in [0.15, 0.2) is 0 Å². The van der Waals surface area contributed by atoms with Crippen molar-refractivity contribution in [3.63, 3.8) is 0 Å². The lowest BCUT2D eigenvalue weighted by Gasteiger charge is -2.39. The van der Waals surface area contributed by atoms with Crippen molar-refractivity contribution in [1.29, 1.82) is 0 Å². The zero-order valence-electron chi connectivity index (χ0n) is 13.1. The molecule has 0 aromatic heterocycles. The fraction of sp³-hybridized carbons (Fsp3) is 0.714. The Morgan fingerprint density at radius 2 is 1.95 bits per heavy atom. The summed E-state index contributed by atoms with van der Waals surface area (Å²) in [5.41, 5.74) is 8.85. The van der Waals surface area contributed by atoms with Crippen molar-refractivity contribution in [3.8, 4) is 0 Å². The minimum atomic E-state index is -0.00384. The van der Waals surface area contributed by atoms with Gasteiger partial charge in [-0.05, 0) is 38.8 Å². The number of nitrogens with zero attached hydrogens (tertiary/aromatic N) is 3. The third kappa shape index (κ3) is 5.02. The molecule has 0 heterocycles. The highest BCUT2D eigenvalue weighted by Crippen LogP contribution is 2.25. The predicted molar refractivity (Wildman–Crippen MR) is 85.2 cm³/mol. The number of hydrogen-bond donors (Lipinski definition) is 3. The molecule has 0 bridgehead atoms. The van der Waals surface area contributed by atoms with Crippen molar-refractivity contribution in [2.75, 3.05) is 20.6 Å². The molecule has 0 radical (unpaired) electrons. The number of rotatable bonds is 7. The maximum atomic E-state index is 11.6. The SMILES string of the molecule is C=CC(=O)N(C)C1CCC(N(CC/C(N)=N\N)NC)CC1. The third-order valence-corrected chi connectivity index (χ3v) is 4.24. The van der Waals surface area contributed by atoms with E-state index in [1.54, 1.807) is 4.90 Å². The Morgan fingerprint density at radius 1 is 1.38 bits per heavy atom. The van der Waals surface area contributed by atoms with Gasteiger partial charge in [-0.25, -0.2) is 5.01 Å². The van der Waals surface area contributed by atoms with E-state index < -0.39 is 0 Å². The normalized spacial score (nSPS) is 23.1. The highest BCUT2D eigenvalue weighted by atomic mass is 16.2. The van der Waals surface area contributed by atoms with E-state index in [-0.39, 0.29) is 5.91 Å². The lowest BCUT2D eigenvalue weighted by molar-refractivity contribution is -0.127. The van der Waals surface area contributed by atoms with E-state index >= 15 is 0 Å². The number of nitrogens with one attached hydrogen (secondary N) is 1. The molecule has 0 saturated heterocycles. The van der Waals surface area contributed by atoms with Crippen molar-refractivity contribution in [3.05, 3.63) is 12.7 Å². The molecule has 21 heavy (non-hydrogen) atoms. The van der Waals surface area contributed by atoms with Crippen LogP contribution in [0.25, 0.3) is 0 Å². The summed E-state index contributed by atoms with van der Waals surface area (Å²) in [6.07, 6.45) is 6.10. The second kappa shape index (κ2) is 8.63. The van der Waals surface area contributed by atoms with Gasteiger partial charge in [-0.2, -0.15) is 5.10 Å². The molecule has 1 amide bonds. The molecule has 0 spiro atoms. The Labute approximate surface area is 127 Å². The van der Waals surface area contributed by atoms with E-state index in [0.717, 1.165) is 32.2 Å². The zero-order valence-corrected chi connectivity index (χ0v) is 13.1. The molecule has 0 aliphatic heterocycles. The van der Waals surface area contributed by atoms with Gasteiger partial charge in [-0.15, -0.1) is 0 Å². The Morgan fingerprint density at radius 3 is 2.43 bits per heavy atom. The summed E-state index contributed by atoms with van der Waals surface area (Å²) in [4.78, 5) is 13.4. The van der Waals surface area contributed by atoms with Crippen LogP contribution in [-0.2, 0) is 4.79 Å². The lowest BCUT2D eigenvalue weighted by atomic mass is 9.90. The van der Waals surface area contributed by atoms with Crippen LogP contribution in [0.3, 0.4) is 0 Å². The maximum absolute atomic E-state index is 11.6. The predicted octanol–water partition coefficient (Wildman–Crippen LogP) is -0.000600. The van der Waals surface area contributed by atoms with Crippen molar-refractivity contribution in [1.82, 2.24) is 15.3 Å². The highest BCUT2D eigenvalue weighted by molar-refractivity contribution is 5.87. The lowest BCUT2D eigenvalue weighted by Crippen LogP contribution is -2.49. The number of amides is 1. The molecule has 1 fully saturated rings. The number of hydrazone groups is 1. The van der Waals surface area contributed by atoms with Crippen LogP contribution in [0.15, 0.2) is 17.8 Å². The molecule has 1 rings (SSSR count). The maximum Gasteiger partial charge on any atom is 0.245 e. The smallest absolute Gasteiger partial charge is 0.245 e. The molecular weight excluding hydrogens is 268 g/mol. The third-order valence-electron chi connectivity index (χ3n) is 4.24. The van der Waals surface area contributed by atoms with Gasteiger partial charge >= 0.3 is 0 Å². The van der Waals surface area contributed by atoms with E-state index in [0.29, 0.717) is 24.3 Å². The molecule has 7 nitrogen and oxygen atoms in total. The quantitative estimate of drug-likeness (QED) is 0.202. The van der Waals surface area contributed by atoms with Crippen LogP contribution in [-0.4, -0.2) is 54.4 Å². The Hall–Kier alpha value is -1.60. The van der Waals surface area contributed by atoms with Gasteiger partial charge in [0.1, 0.15) is 5.84 Å². The van der Waals surface area contributed by atoms with Crippen LogP contribution in [0.4, 0.5) is 0 Å². The average molecular weight is 296 g/mol. The van der Waals surface area contributed by atoms with Crippen molar-refractivity contribution < 1.29 is 4.79 Å². The van der Waals surface area contributed by atoms with Gasteiger partial charge in [0.25, 0.3) is 0 Å². The summed E-state index contributed by atoms with van der Waals surface area (Å²) in [7, 11) is 3.76. The van der Waals surface area contributed by atoms with Gasteiger partial charge in [0.2, 0.25) is 5.91 Å². The highest BCUT2D eigenvalue weighted by Gasteiger charge is 2.28. The summed E-state index contributed by atoms with van der Waals surface area (Å²) in [5, 5.41) is 5.67. The molecule has 1 aliphatic carbocycles. The van der Waals surface area contributed by atoms with Gasteiger partial charge in [-0.1, -0.05) is 6.58 Å². The van der Waals surface area contributed by atoms with Gasteiger partial charge < -0.3 is 16.5 Å². The molecule has 0 aromatic carbocycles. The van der Waals surface area contributed by atoms with E-state index in [4.69, 9.17) is 11.6 Å². The first-order valence-corrected chi connectivity index (χ1v) is 7.39. The number of amidine groups is 1. The topological polar surface area (TPSA) is 100.0 Å². The largest absolute Gasteiger partial charge is 0.386 e. The Kier molecular flexibility index (Phi) is 7.18. The summed E-state index contributed by atoms with van der Waals surface area (Å²) >= 11 is 0. The first-order valence-electron chi connectivity index (χ1n) is 7.39. The van der Waals surface area contributed by atoms with Crippen LogP contribution in [0.1, 0.15) is 32.1 Å². The number of carbonyl (C=O) groups is 1.